The van der Waals surface area contributed by atoms with E-state index >= 15 is 0 Å². The highest BCUT2D eigenvalue weighted by molar-refractivity contribution is 5.69. The first-order valence-corrected chi connectivity index (χ1v) is 6.98. The van der Waals surface area contributed by atoms with Crippen LogP contribution in [0.15, 0.2) is 23.9 Å². The van der Waals surface area contributed by atoms with Crippen molar-refractivity contribution in [3.63, 3.8) is 0 Å². The van der Waals surface area contributed by atoms with Crippen LogP contribution in [-0.2, 0) is 5.21 Å². The summed E-state index contributed by atoms with van der Waals surface area (Å²) < 4.78 is 13.8. The summed E-state index contributed by atoms with van der Waals surface area (Å²) in [6, 6.07) is 1.24. The van der Waals surface area contributed by atoms with Gasteiger partial charge in [-0.15, -0.1) is 10.3 Å². The zero-order valence-corrected chi connectivity index (χ0v) is 13.5. The fourth-order valence-electron chi connectivity index (χ4n) is 2.69. The Morgan fingerprint density at radius 3 is 2.04 bits per heavy atom. The molecule has 0 fully saturated rings. The first kappa shape index (κ1) is 17.8. The number of nitrogens with zero attached hydrogens (tertiary/aromatic N) is 3. The van der Waals surface area contributed by atoms with Gasteiger partial charge in [0.15, 0.2) is 0 Å². The molecule has 1 aliphatic heterocycles. The van der Waals surface area contributed by atoms with E-state index < -0.39 is 38.1 Å². The van der Waals surface area contributed by atoms with E-state index in [9.17, 15) is 29.8 Å². The molecule has 0 aliphatic carbocycles. The molecule has 0 unspecified atom stereocenters. The second kappa shape index (κ2) is 5.49. The highest BCUT2D eigenvalue weighted by Gasteiger charge is 2.47. The van der Waals surface area contributed by atoms with Crippen LogP contribution in [0.5, 0.6) is 0 Å². The summed E-state index contributed by atoms with van der Waals surface area (Å²) in [5.74, 6) is -1.21. The molecule has 2 rings (SSSR count). The Morgan fingerprint density at radius 1 is 1.08 bits per heavy atom. The van der Waals surface area contributed by atoms with Gasteiger partial charge in [0, 0.05) is 11.8 Å². The maximum atomic E-state index is 13.8. The van der Waals surface area contributed by atoms with Crippen molar-refractivity contribution in [2.45, 2.75) is 38.8 Å². The largest absolute Gasteiger partial charge is 0.352 e. The van der Waals surface area contributed by atoms with Crippen molar-refractivity contribution in [1.82, 2.24) is 5.06 Å². The minimum atomic E-state index is -1.21. The van der Waals surface area contributed by atoms with E-state index in [1.54, 1.807) is 33.8 Å². The number of anilines is 1. The van der Waals surface area contributed by atoms with E-state index in [1.807, 2.05) is 0 Å². The number of halogens is 1. The van der Waals surface area contributed by atoms with Gasteiger partial charge in [0.2, 0.25) is 5.82 Å². The molecule has 9 nitrogen and oxygen atoms in total. The summed E-state index contributed by atoms with van der Waals surface area (Å²) in [7, 11) is 0. The smallest absolute Gasteiger partial charge is 0.311 e. The van der Waals surface area contributed by atoms with Crippen LogP contribution >= 0.6 is 0 Å². The molecule has 0 spiro atoms. The molecule has 0 aromatic heterocycles. The Bertz CT molecular complexity index is 760. The van der Waals surface area contributed by atoms with Crippen LogP contribution in [0.3, 0.4) is 0 Å². The van der Waals surface area contributed by atoms with E-state index in [-0.39, 0.29) is 5.69 Å². The summed E-state index contributed by atoms with van der Waals surface area (Å²) in [5.41, 5.74) is -3.44. The predicted octanol–water partition coefficient (Wildman–Crippen LogP) is 3.16. The highest BCUT2D eigenvalue weighted by Crippen LogP contribution is 2.41. The van der Waals surface area contributed by atoms with Crippen LogP contribution in [-0.4, -0.2) is 26.0 Å². The predicted molar refractivity (Wildman–Crippen MR) is 82.1 cm³/mol. The third kappa shape index (κ3) is 2.81. The lowest BCUT2D eigenvalue weighted by molar-refractivity contribution is -0.395. The van der Waals surface area contributed by atoms with E-state index in [4.69, 9.17) is 0 Å². The van der Waals surface area contributed by atoms with Crippen LogP contribution in [0.1, 0.15) is 27.7 Å². The molecular weight excluding hydrogens is 323 g/mol. The van der Waals surface area contributed by atoms with E-state index in [0.29, 0.717) is 17.8 Å². The topological polar surface area (TPSA) is 121 Å². The molecule has 129 valence electrons. The van der Waals surface area contributed by atoms with Crippen LogP contribution in [0, 0.1) is 26.0 Å². The standard InChI is InChI=1S/C14H16FN4O5/c1-13(2)7-12(14(3,4)19(13)24)16-9-5-8(15)10(17(20)21)6-11(9)18(22)23/h5-7,16H,1-4H3. The number of nitrogens with one attached hydrogen (secondary N) is 1. The monoisotopic (exact) mass is 339 g/mol. The highest BCUT2D eigenvalue weighted by atomic mass is 19.1. The van der Waals surface area contributed by atoms with Crippen molar-refractivity contribution >= 4 is 17.1 Å². The molecule has 10 heteroatoms. The third-order valence-electron chi connectivity index (χ3n) is 3.92. The van der Waals surface area contributed by atoms with Crippen molar-refractivity contribution in [2.24, 2.45) is 0 Å². The average Bonchev–Trinajstić information content (AvgIpc) is 2.58. The van der Waals surface area contributed by atoms with E-state index in [2.05, 4.69) is 5.32 Å². The number of nitro benzene ring substituents is 2. The Labute approximate surface area is 136 Å². The Kier molecular flexibility index (Phi) is 4.07. The van der Waals surface area contributed by atoms with Crippen LogP contribution in [0.25, 0.3) is 0 Å². The Hall–Kier alpha value is -2.59. The molecule has 24 heavy (non-hydrogen) atoms. The maximum Gasteiger partial charge on any atom is 0.311 e. The summed E-state index contributed by atoms with van der Waals surface area (Å²) in [5, 5.41) is 37.7. The summed E-state index contributed by atoms with van der Waals surface area (Å²) in [4.78, 5) is 20.0. The Balaban J connectivity index is 2.53. The van der Waals surface area contributed by atoms with E-state index in [0.717, 1.165) is 5.06 Å². The number of hydrogen-bond donors (Lipinski definition) is 1. The zero-order valence-electron chi connectivity index (χ0n) is 13.5. The van der Waals surface area contributed by atoms with Crippen molar-refractivity contribution in [3.8, 4) is 0 Å². The fraction of sp³-hybridized carbons (Fsp3) is 0.429. The molecule has 0 atom stereocenters. The van der Waals surface area contributed by atoms with Crippen LogP contribution < -0.4 is 5.32 Å². The number of rotatable bonds is 4. The quantitative estimate of drug-likeness (QED) is 0.664. The molecule has 1 N–H and O–H groups in total. The molecular formula is C14H16FN4O5. The first-order chi connectivity index (χ1) is 10.9. The molecule has 0 saturated heterocycles. The number of nitro groups is 2. The van der Waals surface area contributed by atoms with Gasteiger partial charge < -0.3 is 5.32 Å². The van der Waals surface area contributed by atoms with Gasteiger partial charge in [0.05, 0.1) is 27.0 Å². The van der Waals surface area contributed by atoms with Gasteiger partial charge in [-0.3, -0.25) is 20.2 Å². The minimum Gasteiger partial charge on any atom is -0.352 e. The van der Waals surface area contributed by atoms with Crippen molar-refractivity contribution in [3.05, 3.63) is 50.0 Å². The number of hydroxylamine groups is 2. The SMILES string of the molecule is CC1(C)C=C(Nc2cc(F)c([N+](=O)[O-])cc2[N+](=O)[O-])C(C)(C)N1[O]. The first-order valence-electron chi connectivity index (χ1n) is 6.98. The average molecular weight is 339 g/mol. The minimum absolute atomic E-state index is 0.256. The molecule has 1 aromatic carbocycles. The van der Waals surface area contributed by atoms with Crippen LogP contribution in [0.2, 0.25) is 0 Å². The van der Waals surface area contributed by atoms with Crippen molar-refractivity contribution in [2.75, 3.05) is 5.32 Å². The van der Waals surface area contributed by atoms with Gasteiger partial charge in [-0.2, -0.15) is 4.39 Å². The molecule has 1 radical (unpaired) electrons. The fourth-order valence-corrected chi connectivity index (χ4v) is 2.69. The van der Waals surface area contributed by atoms with Crippen molar-refractivity contribution in [1.29, 1.82) is 0 Å². The van der Waals surface area contributed by atoms with Gasteiger partial charge in [-0.05, 0) is 33.8 Å². The number of hydrogen-bond acceptors (Lipinski definition) is 6. The van der Waals surface area contributed by atoms with Crippen molar-refractivity contribution < 1.29 is 19.4 Å². The van der Waals surface area contributed by atoms with Gasteiger partial charge in [-0.1, -0.05) is 0 Å². The lowest BCUT2D eigenvalue weighted by atomic mass is 10.0. The maximum absolute atomic E-state index is 13.8. The second-order valence-electron chi connectivity index (χ2n) is 6.53. The van der Waals surface area contributed by atoms with Gasteiger partial charge >= 0.3 is 5.69 Å². The number of benzene rings is 1. The molecule has 1 aliphatic rings. The summed E-state index contributed by atoms with van der Waals surface area (Å²) >= 11 is 0. The molecule has 1 aromatic rings. The molecule has 0 bridgehead atoms. The lowest BCUT2D eigenvalue weighted by Crippen LogP contribution is -2.47. The van der Waals surface area contributed by atoms with Crippen LogP contribution in [0.4, 0.5) is 21.5 Å². The summed E-state index contributed by atoms with van der Waals surface area (Å²) in [6.07, 6.45) is 1.59. The normalized spacial score (nSPS) is 19.0. The molecule has 1 heterocycles. The molecule has 0 saturated carbocycles. The van der Waals surface area contributed by atoms with E-state index in [1.165, 1.54) is 0 Å². The van der Waals surface area contributed by atoms with Gasteiger partial charge in [0.25, 0.3) is 5.69 Å². The molecule has 0 amide bonds. The zero-order chi connectivity index (χ0) is 18.4. The second-order valence-corrected chi connectivity index (χ2v) is 6.53. The lowest BCUT2D eigenvalue weighted by Gasteiger charge is -2.33. The third-order valence-corrected chi connectivity index (χ3v) is 3.92. The summed E-state index contributed by atoms with van der Waals surface area (Å²) in [6.45, 7) is 6.56. The Morgan fingerprint density at radius 2 is 1.62 bits per heavy atom. The van der Waals surface area contributed by atoms with Gasteiger partial charge in [-0.25, -0.2) is 0 Å². The van der Waals surface area contributed by atoms with Gasteiger partial charge in [0.1, 0.15) is 5.69 Å².